The molecule has 0 N–H and O–H groups in total. The zero-order valence-electron chi connectivity index (χ0n) is 12.0. The van der Waals surface area contributed by atoms with E-state index >= 15 is 0 Å². The normalized spacial score (nSPS) is 22.2. The minimum absolute atomic E-state index is 0.100. The van der Waals surface area contributed by atoms with Gasteiger partial charge in [0.25, 0.3) is 0 Å². The van der Waals surface area contributed by atoms with Crippen LogP contribution in [0.1, 0.15) is 41.0 Å². The monoisotopic (exact) mass is 241 g/mol. The van der Waals surface area contributed by atoms with Crippen LogP contribution < -0.4 is 0 Å². The van der Waals surface area contributed by atoms with Crippen LogP contribution in [0.2, 0.25) is 0 Å². The first-order chi connectivity index (χ1) is 7.90. The Hall–Kier alpha value is -0.410. The van der Waals surface area contributed by atoms with E-state index in [9.17, 15) is 4.79 Å². The molecule has 0 saturated carbocycles. The van der Waals surface area contributed by atoms with Crippen LogP contribution in [-0.2, 0) is 9.53 Å². The highest BCUT2D eigenvalue weighted by Gasteiger charge is 2.34. The number of ketones is 1. The molecule has 1 fully saturated rings. The third-order valence-electron chi connectivity index (χ3n) is 4.31. The molecule has 0 radical (unpaired) electrons. The van der Waals surface area contributed by atoms with E-state index in [2.05, 4.69) is 39.5 Å². The molecule has 100 valence electrons. The van der Waals surface area contributed by atoms with Crippen LogP contribution in [-0.4, -0.2) is 43.0 Å². The molecule has 17 heavy (non-hydrogen) atoms. The molecule has 1 aliphatic heterocycles. The Labute approximate surface area is 106 Å². The molecule has 1 rings (SSSR count). The summed E-state index contributed by atoms with van der Waals surface area (Å²) in [5.41, 5.74) is -0.194. The molecule has 1 saturated heterocycles. The number of rotatable bonds is 5. The van der Waals surface area contributed by atoms with Gasteiger partial charge in [0, 0.05) is 30.5 Å². The van der Waals surface area contributed by atoms with Crippen molar-refractivity contribution in [3.05, 3.63) is 0 Å². The summed E-state index contributed by atoms with van der Waals surface area (Å²) in [5.74, 6) is 0.488. The minimum Gasteiger partial charge on any atom is -0.379 e. The molecule has 0 amide bonds. The van der Waals surface area contributed by atoms with Crippen molar-refractivity contribution in [1.82, 2.24) is 4.90 Å². The molecule has 3 nitrogen and oxygen atoms in total. The first-order valence-corrected chi connectivity index (χ1v) is 6.76. The van der Waals surface area contributed by atoms with Gasteiger partial charge in [0.1, 0.15) is 5.78 Å². The summed E-state index contributed by atoms with van der Waals surface area (Å²) in [4.78, 5) is 14.8. The van der Waals surface area contributed by atoms with Crippen molar-refractivity contribution in [2.75, 3.05) is 26.3 Å². The van der Waals surface area contributed by atoms with E-state index < -0.39 is 0 Å². The molecule has 0 aromatic heterocycles. The van der Waals surface area contributed by atoms with Gasteiger partial charge in [-0.05, 0) is 13.3 Å². The Kier molecular flexibility index (Phi) is 5.14. The average Bonchev–Trinajstić information content (AvgIpc) is 2.37. The molecular weight excluding hydrogens is 214 g/mol. The van der Waals surface area contributed by atoms with Crippen LogP contribution in [0.15, 0.2) is 0 Å². The molecule has 0 aromatic carbocycles. The highest BCUT2D eigenvalue weighted by Crippen LogP contribution is 2.28. The fourth-order valence-corrected chi connectivity index (χ4v) is 2.31. The highest BCUT2D eigenvalue weighted by molar-refractivity contribution is 5.86. The zero-order valence-corrected chi connectivity index (χ0v) is 12.0. The quantitative estimate of drug-likeness (QED) is 0.740. The van der Waals surface area contributed by atoms with Gasteiger partial charge in [-0.15, -0.1) is 0 Å². The van der Waals surface area contributed by atoms with Crippen molar-refractivity contribution in [1.29, 1.82) is 0 Å². The summed E-state index contributed by atoms with van der Waals surface area (Å²) in [5, 5.41) is 0. The second-order valence-corrected chi connectivity index (χ2v) is 5.78. The van der Waals surface area contributed by atoms with Crippen molar-refractivity contribution in [3.63, 3.8) is 0 Å². The van der Waals surface area contributed by atoms with Crippen LogP contribution in [0.3, 0.4) is 0 Å². The Morgan fingerprint density at radius 2 is 1.82 bits per heavy atom. The number of carbonyl (C=O) groups excluding carboxylic acids is 1. The van der Waals surface area contributed by atoms with Gasteiger partial charge in [-0.3, -0.25) is 9.69 Å². The van der Waals surface area contributed by atoms with E-state index in [-0.39, 0.29) is 11.3 Å². The fraction of sp³-hybridized carbons (Fsp3) is 0.929. The lowest BCUT2D eigenvalue weighted by Crippen LogP contribution is -2.48. The van der Waals surface area contributed by atoms with Crippen LogP contribution in [0, 0.1) is 11.3 Å². The van der Waals surface area contributed by atoms with Gasteiger partial charge in [0.15, 0.2) is 0 Å². The number of ether oxygens (including phenoxy) is 1. The summed E-state index contributed by atoms with van der Waals surface area (Å²) in [7, 11) is 0. The van der Waals surface area contributed by atoms with E-state index in [1.807, 2.05) is 0 Å². The van der Waals surface area contributed by atoms with Crippen molar-refractivity contribution in [3.8, 4) is 0 Å². The van der Waals surface area contributed by atoms with Crippen LogP contribution in [0.25, 0.3) is 0 Å². The summed E-state index contributed by atoms with van der Waals surface area (Å²) in [6.45, 7) is 13.9. The summed E-state index contributed by atoms with van der Waals surface area (Å²) in [6, 6.07) is 0.317. The van der Waals surface area contributed by atoms with Crippen molar-refractivity contribution in [2.24, 2.45) is 11.3 Å². The SMILES string of the molecule is CCC(C)(C)C(=O)C(C)C(C)N1CCOCC1. The fourth-order valence-electron chi connectivity index (χ4n) is 2.31. The first kappa shape index (κ1) is 14.7. The highest BCUT2D eigenvalue weighted by atomic mass is 16.5. The maximum Gasteiger partial charge on any atom is 0.142 e. The smallest absolute Gasteiger partial charge is 0.142 e. The number of hydrogen-bond acceptors (Lipinski definition) is 3. The van der Waals surface area contributed by atoms with Crippen LogP contribution in [0.5, 0.6) is 0 Å². The third kappa shape index (κ3) is 3.52. The van der Waals surface area contributed by atoms with Gasteiger partial charge < -0.3 is 4.74 Å². The number of Topliss-reactive ketones (excluding diaryl/α,β-unsaturated/α-hetero) is 1. The Bertz CT molecular complexity index is 257. The van der Waals surface area contributed by atoms with E-state index in [0.717, 1.165) is 32.7 Å². The van der Waals surface area contributed by atoms with Crippen molar-refractivity contribution >= 4 is 5.78 Å². The van der Waals surface area contributed by atoms with Gasteiger partial charge in [-0.1, -0.05) is 27.7 Å². The van der Waals surface area contributed by atoms with Crippen molar-refractivity contribution in [2.45, 2.75) is 47.1 Å². The van der Waals surface area contributed by atoms with Gasteiger partial charge in [0.05, 0.1) is 13.2 Å². The molecule has 2 atom stereocenters. The number of nitrogens with zero attached hydrogens (tertiary/aromatic N) is 1. The zero-order chi connectivity index (χ0) is 13.1. The summed E-state index contributed by atoms with van der Waals surface area (Å²) >= 11 is 0. The van der Waals surface area contributed by atoms with E-state index in [4.69, 9.17) is 4.74 Å². The van der Waals surface area contributed by atoms with E-state index in [1.54, 1.807) is 0 Å². The van der Waals surface area contributed by atoms with Gasteiger partial charge in [-0.25, -0.2) is 0 Å². The lowest BCUT2D eigenvalue weighted by atomic mass is 9.77. The maximum atomic E-state index is 12.4. The Morgan fingerprint density at radius 1 is 1.29 bits per heavy atom. The predicted molar refractivity (Wildman–Crippen MR) is 70.1 cm³/mol. The molecule has 0 bridgehead atoms. The first-order valence-electron chi connectivity index (χ1n) is 6.76. The molecular formula is C14H27NO2. The van der Waals surface area contributed by atoms with Gasteiger partial charge >= 0.3 is 0 Å². The second-order valence-electron chi connectivity index (χ2n) is 5.78. The van der Waals surface area contributed by atoms with E-state index in [0.29, 0.717) is 11.8 Å². The van der Waals surface area contributed by atoms with Gasteiger partial charge in [-0.2, -0.15) is 0 Å². The summed E-state index contributed by atoms with van der Waals surface area (Å²) < 4.78 is 5.35. The predicted octanol–water partition coefficient (Wildman–Crippen LogP) is 2.35. The van der Waals surface area contributed by atoms with Gasteiger partial charge in [0.2, 0.25) is 0 Å². The molecule has 0 spiro atoms. The van der Waals surface area contributed by atoms with E-state index in [1.165, 1.54) is 0 Å². The topological polar surface area (TPSA) is 29.5 Å². The minimum atomic E-state index is -0.194. The average molecular weight is 241 g/mol. The molecule has 2 unspecified atom stereocenters. The lowest BCUT2D eigenvalue weighted by molar-refractivity contribution is -0.133. The molecule has 1 heterocycles. The van der Waals surface area contributed by atoms with Crippen molar-refractivity contribution < 1.29 is 9.53 Å². The lowest BCUT2D eigenvalue weighted by Gasteiger charge is -2.37. The second kappa shape index (κ2) is 5.96. The Morgan fingerprint density at radius 3 is 2.29 bits per heavy atom. The largest absolute Gasteiger partial charge is 0.379 e. The number of carbonyl (C=O) groups is 1. The standard InChI is InChI=1S/C14H27NO2/c1-6-14(4,5)13(16)11(2)12(3)15-7-9-17-10-8-15/h11-12H,6-10H2,1-5H3. The molecule has 0 aliphatic carbocycles. The van der Waals surface area contributed by atoms with Crippen LogP contribution >= 0.6 is 0 Å². The molecule has 1 aliphatic rings. The molecule has 0 aromatic rings. The Balaban J connectivity index is 2.61. The van der Waals surface area contributed by atoms with Crippen LogP contribution in [0.4, 0.5) is 0 Å². The number of hydrogen-bond donors (Lipinski definition) is 0. The summed E-state index contributed by atoms with van der Waals surface area (Å²) in [6.07, 6.45) is 0.909. The molecule has 3 heteroatoms. The maximum absolute atomic E-state index is 12.4. The third-order valence-corrected chi connectivity index (χ3v) is 4.31. The number of morpholine rings is 1.